The second-order valence-electron chi connectivity index (χ2n) is 5.95. The molecule has 1 aromatic rings. The summed E-state index contributed by atoms with van der Waals surface area (Å²) in [6.45, 7) is 3.70. The topological polar surface area (TPSA) is 66.7 Å². The molecule has 0 N–H and O–H groups in total. The molecule has 21 heavy (non-hydrogen) atoms. The molecular weight excluding hydrogens is 290 g/mol. The van der Waals surface area contributed by atoms with Crippen LogP contribution in [0.4, 0.5) is 0 Å². The molecule has 3 heterocycles. The van der Waals surface area contributed by atoms with E-state index in [1.807, 2.05) is 13.0 Å². The first kappa shape index (κ1) is 15.0. The molecule has 0 aliphatic carbocycles. The predicted octanol–water partition coefficient (Wildman–Crippen LogP) is 2.24. The van der Waals surface area contributed by atoms with Gasteiger partial charge < -0.3 is 4.52 Å². The van der Waals surface area contributed by atoms with Gasteiger partial charge in [0.2, 0.25) is 0 Å². The summed E-state index contributed by atoms with van der Waals surface area (Å²) in [6.07, 6.45) is 5.75. The normalized spacial score (nSPS) is 26.0. The van der Waals surface area contributed by atoms with Crippen molar-refractivity contribution < 1.29 is 12.9 Å². The van der Waals surface area contributed by atoms with Gasteiger partial charge in [-0.25, -0.2) is 0 Å². The zero-order chi connectivity index (χ0) is 14.9. The minimum atomic E-state index is -3.39. The fourth-order valence-electron chi connectivity index (χ4n) is 3.26. The van der Waals surface area contributed by atoms with Crippen LogP contribution in [-0.4, -0.2) is 41.8 Å². The van der Waals surface area contributed by atoms with E-state index in [1.54, 1.807) is 8.61 Å². The number of nitrogens with zero attached hydrogens (tertiary/aromatic N) is 3. The molecule has 0 unspecified atom stereocenters. The number of aromatic nitrogens is 1. The van der Waals surface area contributed by atoms with Crippen LogP contribution in [-0.2, 0) is 10.2 Å². The van der Waals surface area contributed by atoms with Gasteiger partial charge in [0.1, 0.15) is 11.5 Å². The standard InChI is InChI=1S/C14H23N3O3S/c1-12-11-13(15-20-12)14-7-3-2-4-10-17(14)21(18,19)16-8-5-6-9-16/h11,14H,2-10H2,1H3/t14-/m1/s1. The summed E-state index contributed by atoms with van der Waals surface area (Å²) in [5, 5.41) is 4.07. The average molecular weight is 313 g/mol. The van der Waals surface area contributed by atoms with Crippen LogP contribution in [0, 0.1) is 6.92 Å². The molecule has 0 saturated carbocycles. The second kappa shape index (κ2) is 6.06. The third-order valence-electron chi connectivity index (χ3n) is 4.38. The molecule has 1 atom stereocenters. The highest BCUT2D eigenvalue weighted by Crippen LogP contribution is 2.33. The summed E-state index contributed by atoms with van der Waals surface area (Å²) in [6, 6.07) is 1.68. The highest BCUT2D eigenvalue weighted by molar-refractivity contribution is 7.86. The third kappa shape index (κ3) is 3.00. The highest BCUT2D eigenvalue weighted by Gasteiger charge is 2.38. The Morgan fingerprint density at radius 1 is 1.14 bits per heavy atom. The average Bonchev–Trinajstić information content (AvgIpc) is 3.06. The molecule has 0 amide bonds. The van der Waals surface area contributed by atoms with Crippen molar-refractivity contribution in [3.8, 4) is 0 Å². The SMILES string of the molecule is Cc1cc([C@H]2CCCCCN2S(=O)(=O)N2CCCC2)no1. The summed E-state index contributed by atoms with van der Waals surface area (Å²) in [7, 11) is -3.39. The molecule has 3 rings (SSSR count). The van der Waals surface area contributed by atoms with Crippen LogP contribution in [0.1, 0.15) is 56.0 Å². The van der Waals surface area contributed by atoms with Crippen LogP contribution in [0.5, 0.6) is 0 Å². The van der Waals surface area contributed by atoms with Gasteiger partial charge in [-0.3, -0.25) is 0 Å². The lowest BCUT2D eigenvalue weighted by Crippen LogP contribution is -2.44. The van der Waals surface area contributed by atoms with E-state index < -0.39 is 10.2 Å². The van der Waals surface area contributed by atoms with Crippen LogP contribution in [0.3, 0.4) is 0 Å². The summed E-state index contributed by atoms with van der Waals surface area (Å²) < 4.78 is 34.3. The second-order valence-corrected chi connectivity index (χ2v) is 7.83. The fraction of sp³-hybridized carbons (Fsp3) is 0.786. The zero-order valence-corrected chi connectivity index (χ0v) is 13.3. The summed E-state index contributed by atoms with van der Waals surface area (Å²) in [4.78, 5) is 0. The Balaban J connectivity index is 1.91. The fourth-order valence-corrected chi connectivity index (χ4v) is 5.17. The molecule has 0 spiro atoms. The number of aryl methyl sites for hydroxylation is 1. The van der Waals surface area contributed by atoms with Crippen molar-refractivity contribution >= 4 is 10.2 Å². The van der Waals surface area contributed by atoms with Crippen molar-refractivity contribution in [1.29, 1.82) is 0 Å². The Morgan fingerprint density at radius 2 is 1.86 bits per heavy atom. The van der Waals surface area contributed by atoms with Gasteiger partial charge in [0.25, 0.3) is 10.2 Å². The van der Waals surface area contributed by atoms with Gasteiger partial charge in [-0.2, -0.15) is 17.0 Å². The molecule has 0 radical (unpaired) electrons. The van der Waals surface area contributed by atoms with Crippen LogP contribution in [0.15, 0.2) is 10.6 Å². The van der Waals surface area contributed by atoms with E-state index in [2.05, 4.69) is 5.16 Å². The summed E-state index contributed by atoms with van der Waals surface area (Å²) in [5.41, 5.74) is 0.747. The molecule has 2 aliphatic rings. The molecule has 6 nitrogen and oxygen atoms in total. The maximum Gasteiger partial charge on any atom is 0.282 e. The van der Waals surface area contributed by atoms with Gasteiger partial charge >= 0.3 is 0 Å². The Hall–Kier alpha value is -0.920. The van der Waals surface area contributed by atoms with E-state index in [0.29, 0.717) is 19.6 Å². The zero-order valence-electron chi connectivity index (χ0n) is 12.5. The van der Waals surface area contributed by atoms with Crippen molar-refractivity contribution in [3.05, 3.63) is 17.5 Å². The van der Waals surface area contributed by atoms with E-state index in [4.69, 9.17) is 4.52 Å². The molecule has 2 fully saturated rings. The van der Waals surface area contributed by atoms with Gasteiger partial charge in [-0.1, -0.05) is 18.0 Å². The first-order chi connectivity index (χ1) is 10.1. The van der Waals surface area contributed by atoms with Gasteiger partial charge in [-0.05, 0) is 32.6 Å². The van der Waals surface area contributed by atoms with Crippen LogP contribution in [0.25, 0.3) is 0 Å². The molecule has 0 aromatic carbocycles. The van der Waals surface area contributed by atoms with Gasteiger partial charge in [0.15, 0.2) is 0 Å². The number of hydrogen-bond acceptors (Lipinski definition) is 4. The Bertz CT molecular complexity index is 578. The summed E-state index contributed by atoms with van der Waals surface area (Å²) >= 11 is 0. The quantitative estimate of drug-likeness (QED) is 0.858. The Kier molecular flexibility index (Phi) is 4.33. The molecular formula is C14H23N3O3S. The first-order valence-corrected chi connectivity index (χ1v) is 9.19. The van der Waals surface area contributed by atoms with E-state index >= 15 is 0 Å². The summed E-state index contributed by atoms with van der Waals surface area (Å²) in [5.74, 6) is 0.729. The van der Waals surface area contributed by atoms with E-state index in [9.17, 15) is 8.42 Å². The third-order valence-corrected chi connectivity index (χ3v) is 6.43. The number of rotatable bonds is 3. The molecule has 2 saturated heterocycles. The van der Waals surface area contributed by atoms with Gasteiger partial charge in [0, 0.05) is 25.7 Å². The van der Waals surface area contributed by atoms with Crippen LogP contribution in [0.2, 0.25) is 0 Å². The van der Waals surface area contributed by atoms with Crippen molar-refractivity contribution in [3.63, 3.8) is 0 Å². The monoisotopic (exact) mass is 313 g/mol. The minimum absolute atomic E-state index is 0.185. The van der Waals surface area contributed by atoms with E-state index in [1.165, 1.54) is 0 Å². The molecule has 0 bridgehead atoms. The van der Waals surface area contributed by atoms with Crippen molar-refractivity contribution in [2.45, 2.75) is 51.5 Å². The maximum absolute atomic E-state index is 12.9. The van der Waals surface area contributed by atoms with Crippen LogP contribution < -0.4 is 0 Å². The Labute approximate surface area is 126 Å². The van der Waals surface area contributed by atoms with Crippen molar-refractivity contribution in [2.24, 2.45) is 0 Å². The molecule has 118 valence electrons. The minimum Gasteiger partial charge on any atom is -0.361 e. The lowest BCUT2D eigenvalue weighted by molar-refractivity contribution is 0.283. The predicted molar refractivity (Wildman–Crippen MR) is 78.9 cm³/mol. The van der Waals surface area contributed by atoms with Crippen molar-refractivity contribution in [1.82, 2.24) is 13.8 Å². The van der Waals surface area contributed by atoms with E-state index in [-0.39, 0.29) is 6.04 Å². The van der Waals surface area contributed by atoms with Gasteiger partial charge in [-0.15, -0.1) is 0 Å². The Morgan fingerprint density at radius 3 is 2.52 bits per heavy atom. The van der Waals surface area contributed by atoms with Gasteiger partial charge in [0.05, 0.1) is 6.04 Å². The molecule has 1 aromatic heterocycles. The lowest BCUT2D eigenvalue weighted by Gasteiger charge is -2.31. The lowest BCUT2D eigenvalue weighted by atomic mass is 10.1. The largest absolute Gasteiger partial charge is 0.361 e. The smallest absolute Gasteiger partial charge is 0.282 e. The maximum atomic E-state index is 12.9. The van der Waals surface area contributed by atoms with Crippen LogP contribution >= 0.6 is 0 Å². The van der Waals surface area contributed by atoms with Crippen molar-refractivity contribution in [2.75, 3.05) is 19.6 Å². The highest BCUT2D eigenvalue weighted by atomic mass is 32.2. The number of hydrogen-bond donors (Lipinski definition) is 0. The molecule has 7 heteroatoms. The first-order valence-electron chi connectivity index (χ1n) is 7.79. The molecule has 2 aliphatic heterocycles. The van der Waals surface area contributed by atoms with E-state index in [0.717, 1.165) is 50.0 Å².